The number of hydrogen-bond donors (Lipinski definition) is 2. The van der Waals surface area contributed by atoms with E-state index in [1.54, 1.807) is 24.3 Å². The zero-order valence-electron chi connectivity index (χ0n) is 15.7. The highest BCUT2D eigenvalue weighted by Gasteiger charge is 2.30. The molecule has 3 N–H and O–H groups in total. The maximum atomic E-state index is 13.0. The Morgan fingerprint density at radius 1 is 1.10 bits per heavy atom. The van der Waals surface area contributed by atoms with Gasteiger partial charge in [-0.25, -0.2) is 9.50 Å². The minimum atomic E-state index is -4.49. The Morgan fingerprint density at radius 2 is 1.77 bits per heavy atom. The second-order valence-corrected chi connectivity index (χ2v) is 7.06. The van der Waals surface area contributed by atoms with E-state index in [-0.39, 0.29) is 16.9 Å². The van der Waals surface area contributed by atoms with Crippen LogP contribution in [0.5, 0.6) is 0 Å². The lowest BCUT2D eigenvalue weighted by molar-refractivity contribution is -0.137. The third kappa shape index (κ3) is 3.62. The molecule has 0 aliphatic carbocycles. The summed E-state index contributed by atoms with van der Waals surface area (Å²) in [6.07, 6.45) is -3.05. The number of aromatic nitrogens is 3. The number of hydrogen-bond acceptors (Lipinski definition) is 4. The van der Waals surface area contributed by atoms with Crippen LogP contribution >= 0.6 is 11.6 Å². The minimum Gasteiger partial charge on any atom is -0.390 e. The van der Waals surface area contributed by atoms with Crippen molar-refractivity contribution in [1.29, 1.82) is 0 Å². The summed E-state index contributed by atoms with van der Waals surface area (Å²) in [4.78, 5) is 16.2. The maximum absolute atomic E-state index is 13.0. The number of alkyl halides is 3. The number of amides is 1. The Labute approximate surface area is 178 Å². The van der Waals surface area contributed by atoms with Gasteiger partial charge in [0.15, 0.2) is 5.65 Å². The van der Waals surface area contributed by atoms with Gasteiger partial charge in [-0.1, -0.05) is 41.9 Å². The highest BCUT2D eigenvalue weighted by molar-refractivity contribution is 6.33. The van der Waals surface area contributed by atoms with Gasteiger partial charge in [-0.3, -0.25) is 4.79 Å². The van der Waals surface area contributed by atoms with Gasteiger partial charge in [-0.15, -0.1) is 0 Å². The molecule has 10 heteroatoms. The topological polar surface area (TPSA) is 93.5 Å². The number of fused-ring (bicyclic) bond motifs is 1. The highest BCUT2D eigenvalue weighted by atomic mass is 35.5. The van der Waals surface area contributed by atoms with Crippen molar-refractivity contribution in [2.45, 2.75) is 12.8 Å². The monoisotopic (exact) mass is 446 g/mol. The van der Waals surface area contributed by atoms with Crippen LogP contribution in [0.4, 0.5) is 13.2 Å². The van der Waals surface area contributed by atoms with Crippen molar-refractivity contribution >= 4 is 23.2 Å². The van der Waals surface area contributed by atoms with E-state index in [2.05, 4.69) is 10.1 Å². The fraction of sp³-hybridized carbons (Fsp3) is 0.0952. The number of carbonyl (C=O) groups excluding carboxylic acids is 1. The van der Waals surface area contributed by atoms with Gasteiger partial charge in [0.2, 0.25) is 0 Å². The molecule has 6 nitrogen and oxygen atoms in total. The van der Waals surface area contributed by atoms with Crippen molar-refractivity contribution in [1.82, 2.24) is 14.6 Å². The Kier molecular flexibility index (Phi) is 5.16. The summed E-state index contributed by atoms with van der Waals surface area (Å²) in [6.45, 7) is -0.574. The van der Waals surface area contributed by atoms with Crippen molar-refractivity contribution in [3.05, 3.63) is 76.6 Å². The van der Waals surface area contributed by atoms with Crippen molar-refractivity contribution in [2.24, 2.45) is 5.73 Å². The minimum absolute atomic E-state index is 0.00414. The number of rotatable bonds is 4. The number of nitrogens with two attached hydrogens (primary N) is 1. The second kappa shape index (κ2) is 7.68. The van der Waals surface area contributed by atoms with Crippen molar-refractivity contribution < 1.29 is 23.1 Å². The summed E-state index contributed by atoms with van der Waals surface area (Å²) in [6, 6.07) is 11.4. The lowest BCUT2D eigenvalue weighted by Gasteiger charge is -2.14. The average Bonchev–Trinajstić information content (AvgIpc) is 3.12. The van der Waals surface area contributed by atoms with Gasteiger partial charge in [0, 0.05) is 27.9 Å². The molecular formula is C21H14ClF3N4O2. The number of aliphatic hydroxyl groups is 1. The zero-order valence-corrected chi connectivity index (χ0v) is 16.4. The Hall–Kier alpha value is -3.43. The van der Waals surface area contributed by atoms with Crippen LogP contribution in [-0.4, -0.2) is 25.6 Å². The van der Waals surface area contributed by atoms with Crippen LogP contribution in [0.25, 0.3) is 28.0 Å². The molecule has 0 fully saturated rings. The van der Waals surface area contributed by atoms with Gasteiger partial charge in [0.1, 0.15) is 11.3 Å². The third-order valence-electron chi connectivity index (χ3n) is 4.76. The summed E-state index contributed by atoms with van der Waals surface area (Å²) >= 11 is 6.35. The van der Waals surface area contributed by atoms with Crippen LogP contribution in [0, 0.1) is 0 Å². The lowest BCUT2D eigenvalue weighted by Crippen LogP contribution is -2.13. The first-order valence-corrected chi connectivity index (χ1v) is 9.34. The molecule has 2 heterocycles. The van der Waals surface area contributed by atoms with Gasteiger partial charge in [0.25, 0.3) is 5.91 Å². The molecule has 0 saturated heterocycles. The quantitative estimate of drug-likeness (QED) is 0.488. The van der Waals surface area contributed by atoms with E-state index in [9.17, 15) is 23.1 Å². The fourth-order valence-corrected chi connectivity index (χ4v) is 3.60. The summed E-state index contributed by atoms with van der Waals surface area (Å²) in [5, 5.41) is 14.3. The molecule has 0 bridgehead atoms. The first kappa shape index (κ1) is 20.8. The second-order valence-electron chi connectivity index (χ2n) is 6.65. The Bertz CT molecular complexity index is 1300. The standard InChI is InChI=1S/C21H14ClF3N4O2/c22-15-4-2-1-3-13(15)14-9-27-20-17(19(26)31)16(10-30)28-29(20)18(14)11-5-7-12(8-6-11)21(23,24)25/h1-9,30H,10H2,(H2,26,31). The number of primary amides is 1. The molecule has 158 valence electrons. The van der Waals surface area contributed by atoms with E-state index in [4.69, 9.17) is 17.3 Å². The number of halogens is 4. The summed E-state index contributed by atoms with van der Waals surface area (Å²) in [5.41, 5.74) is 6.39. The van der Waals surface area contributed by atoms with Crippen molar-refractivity contribution in [3.63, 3.8) is 0 Å². The van der Waals surface area contributed by atoms with Crippen LogP contribution in [0.3, 0.4) is 0 Å². The molecule has 2 aromatic heterocycles. The van der Waals surface area contributed by atoms with Crippen molar-refractivity contribution in [3.8, 4) is 22.4 Å². The largest absolute Gasteiger partial charge is 0.416 e. The first-order chi connectivity index (χ1) is 14.7. The van der Waals surface area contributed by atoms with E-state index in [1.165, 1.54) is 22.8 Å². The van der Waals surface area contributed by atoms with Crippen LogP contribution in [-0.2, 0) is 12.8 Å². The predicted octanol–water partition coefficient (Wildman–Crippen LogP) is 4.33. The first-order valence-electron chi connectivity index (χ1n) is 8.96. The van der Waals surface area contributed by atoms with Crippen LogP contribution in [0.15, 0.2) is 54.7 Å². The Morgan fingerprint density at radius 3 is 2.35 bits per heavy atom. The third-order valence-corrected chi connectivity index (χ3v) is 5.09. The normalized spacial score (nSPS) is 11.8. The van der Waals surface area contributed by atoms with E-state index in [0.717, 1.165) is 12.1 Å². The number of benzene rings is 2. The van der Waals surface area contributed by atoms with Crippen molar-refractivity contribution in [2.75, 3.05) is 0 Å². The molecule has 2 aromatic carbocycles. The van der Waals surface area contributed by atoms with E-state index in [0.29, 0.717) is 27.4 Å². The van der Waals surface area contributed by atoms with Gasteiger partial charge in [0.05, 0.1) is 17.9 Å². The summed E-state index contributed by atoms with van der Waals surface area (Å²) < 4.78 is 40.4. The molecule has 0 atom stereocenters. The summed E-state index contributed by atoms with van der Waals surface area (Å²) in [5.74, 6) is -0.838. The van der Waals surface area contributed by atoms with Gasteiger partial charge in [-0.2, -0.15) is 18.3 Å². The molecule has 0 radical (unpaired) electrons. The average molecular weight is 447 g/mol. The molecular weight excluding hydrogens is 433 g/mol. The van der Waals surface area contributed by atoms with Crippen LogP contribution in [0.1, 0.15) is 21.6 Å². The van der Waals surface area contributed by atoms with Gasteiger partial charge >= 0.3 is 6.18 Å². The van der Waals surface area contributed by atoms with E-state index < -0.39 is 24.3 Å². The number of nitrogens with zero attached hydrogens (tertiary/aromatic N) is 3. The van der Waals surface area contributed by atoms with E-state index in [1.807, 2.05) is 0 Å². The number of carbonyl (C=O) groups is 1. The molecule has 4 aromatic rings. The molecule has 0 saturated carbocycles. The molecule has 0 unspecified atom stereocenters. The van der Waals surface area contributed by atoms with Gasteiger partial charge < -0.3 is 10.8 Å². The SMILES string of the molecule is NC(=O)c1c(CO)nn2c(-c3ccc(C(F)(F)F)cc3)c(-c3ccccc3Cl)cnc12. The summed E-state index contributed by atoms with van der Waals surface area (Å²) in [7, 11) is 0. The molecule has 31 heavy (non-hydrogen) atoms. The van der Waals surface area contributed by atoms with Crippen LogP contribution in [0.2, 0.25) is 5.02 Å². The lowest BCUT2D eigenvalue weighted by atomic mass is 9.99. The fourth-order valence-electron chi connectivity index (χ4n) is 3.36. The zero-order chi connectivity index (χ0) is 22.3. The maximum Gasteiger partial charge on any atom is 0.416 e. The number of aliphatic hydroxyl groups excluding tert-OH is 1. The van der Waals surface area contributed by atoms with Gasteiger partial charge in [-0.05, 0) is 18.2 Å². The molecule has 4 rings (SSSR count). The molecule has 0 aliphatic heterocycles. The molecule has 0 aliphatic rings. The molecule has 1 amide bonds. The smallest absolute Gasteiger partial charge is 0.390 e. The van der Waals surface area contributed by atoms with Crippen LogP contribution < -0.4 is 5.73 Å². The van der Waals surface area contributed by atoms with E-state index >= 15 is 0 Å². The highest BCUT2D eigenvalue weighted by Crippen LogP contribution is 2.38. The molecule has 0 spiro atoms. The predicted molar refractivity (Wildman–Crippen MR) is 108 cm³/mol. The Balaban J connectivity index is 2.07.